The van der Waals surface area contributed by atoms with E-state index in [1.54, 1.807) is 25.1 Å². The molecule has 0 unspecified atom stereocenters. The van der Waals surface area contributed by atoms with Crippen molar-refractivity contribution in [1.29, 1.82) is 0 Å². The summed E-state index contributed by atoms with van der Waals surface area (Å²) in [6.07, 6.45) is 0.486. The number of carbonyl (C=O) groups is 4. The van der Waals surface area contributed by atoms with Crippen LogP contribution in [0.5, 0.6) is 0 Å². The Labute approximate surface area is 272 Å². The zero-order valence-corrected chi connectivity index (χ0v) is 25.8. The molecule has 0 N–H and O–H groups in total. The monoisotopic (exact) mass is 640 g/mol. The first kappa shape index (κ1) is 30.1. The molecule has 0 saturated heterocycles. The molecular weight excluding hydrogens is 616 g/mol. The van der Waals surface area contributed by atoms with E-state index in [0.29, 0.717) is 23.2 Å². The second kappa shape index (κ2) is 10.8. The number of benzene rings is 5. The van der Waals surface area contributed by atoms with E-state index in [1.807, 2.05) is 19.1 Å². The van der Waals surface area contributed by atoms with Crippen molar-refractivity contribution < 1.29 is 29.0 Å². The van der Waals surface area contributed by atoms with Crippen LogP contribution in [0.4, 0.5) is 17.1 Å². The van der Waals surface area contributed by atoms with Crippen LogP contribution >= 0.6 is 0 Å². The number of rotatable bonds is 6. The smallest absolute Gasteiger partial charge is 0.270 e. The van der Waals surface area contributed by atoms with E-state index in [4.69, 9.17) is 0 Å². The van der Waals surface area contributed by atoms with Gasteiger partial charge in [-0.05, 0) is 58.9 Å². The number of imide groups is 2. The molecule has 0 fully saturated rings. The first-order chi connectivity index (χ1) is 22.9. The third-order valence-electron chi connectivity index (χ3n) is 8.97. The predicted octanol–water partition coefficient (Wildman–Crippen LogP) is 6.89. The van der Waals surface area contributed by atoms with Crippen LogP contribution in [0.2, 0.25) is 0 Å². The summed E-state index contributed by atoms with van der Waals surface area (Å²) in [5.41, 5.74) is 2.07. The molecule has 0 bridgehead atoms. The maximum Gasteiger partial charge on any atom is 0.270 e. The molecule has 2 aliphatic heterocycles. The molecule has 0 radical (unpaired) electrons. The number of nitro benzene ring substituents is 2. The van der Waals surface area contributed by atoms with Crippen LogP contribution in [0.3, 0.4) is 0 Å². The summed E-state index contributed by atoms with van der Waals surface area (Å²) in [6, 6.07) is 19.4. The van der Waals surface area contributed by atoms with E-state index < -0.39 is 33.5 Å². The molecule has 48 heavy (non-hydrogen) atoms. The van der Waals surface area contributed by atoms with Crippen LogP contribution < -0.4 is 4.90 Å². The lowest BCUT2D eigenvalue weighted by Gasteiger charge is -2.34. The molecule has 0 aliphatic carbocycles. The number of anilines is 1. The van der Waals surface area contributed by atoms with Crippen molar-refractivity contribution in [3.05, 3.63) is 132 Å². The minimum absolute atomic E-state index is 0.0000702. The van der Waals surface area contributed by atoms with Gasteiger partial charge in [-0.1, -0.05) is 49.4 Å². The van der Waals surface area contributed by atoms with Crippen LogP contribution in [-0.4, -0.2) is 45.4 Å². The van der Waals surface area contributed by atoms with E-state index in [2.05, 4.69) is 0 Å². The normalized spacial score (nSPS) is 13.8. The average molecular weight is 641 g/mol. The van der Waals surface area contributed by atoms with Gasteiger partial charge in [0.05, 0.1) is 26.7 Å². The van der Waals surface area contributed by atoms with Crippen molar-refractivity contribution in [3.8, 4) is 22.3 Å². The predicted molar refractivity (Wildman–Crippen MR) is 176 cm³/mol. The maximum absolute atomic E-state index is 14.8. The first-order valence-corrected chi connectivity index (χ1v) is 14.9. The summed E-state index contributed by atoms with van der Waals surface area (Å²) in [5, 5.41) is 23.6. The lowest BCUT2D eigenvalue weighted by molar-refractivity contribution is -0.385. The third kappa shape index (κ3) is 4.23. The summed E-state index contributed by atoms with van der Waals surface area (Å²) in [6.45, 7) is 3.66. The Balaban J connectivity index is 1.68. The molecule has 2 aliphatic rings. The topological polar surface area (TPSA) is 161 Å². The van der Waals surface area contributed by atoms with E-state index in [1.165, 1.54) is 55.6 Å². The van der Waals surface area contributed by atoms with E-state index in [9.17, 15) is 39.4 Å². The van der Waals surface area contributed by atoms with Gasteiger partial charge in [0.2, 0.25) is 0 Å². The van der Waals surface area contributed by atoms with Crippen LogP contribution in [0.25, 0.3) is 33.0 Å². The number of aryl methyl sites for hydroxylation is 2. The number of hydrogen-bond donors (Lipinski definition) is 0. The summed E-state index contributed by atoms with van der Waals surface area (Å²) >= 11 is 0. The molecule has 12 heteroatoms. The van der Waals surface area contributed by atoms with Crippen LogP contribution in [0.15, 0.2) is 78.9 Å². The Morgan fingerprint density at radius 2 is 1.12 bits per heavy atom. The number of amides is 4. The molecule has 0 saturated carbocycles. The number of carbonyl (C=O) groups excluding carboxylic acids is 4. The van der Waals surface area contributed by atoms with Gasteiger partial charge < -0.3 is 0 Å². The van der Waals surface area contributed by atoms with Crippen LogP contribution in [-0.2, 0) is 6.42 Å². The first-order valence-electron chi connectivity index (χ1n) is 14.9. The molecule has 4 amide bonds. The lowest BCUT2D eigenvalue weighted by Crippen LogP contribution is -2.43. The number of nitrogens with zero attached hydrogens (tertiary/aromatic N) is 4. The second-order valence-corrected chi connectivity index (χ2v) is 11.6. The molecular formula is C36H24N4O8. The average Bonchev–Trinajstić information content (AvgIpc) is 3.08. The Morgan fingerprint density at radius 3 is 1.65 bits per heavy atom. The largest absolute Gasteiger partial charge is 0.277 e. The number of hydrogen-bond acceptors (Lipinski definition) is 8. The van der Waals surface area contributed by atoms with Crippen LogP contribution in [0, 0.1) is 27.2 Å². The van der Waals surface area contributed by atoms with Gasteiger partial charge in [-0.2, -0.15) is 0 Å². The summed E-state index contributed by atoms with van der Waals surface area (Å²) < 4.78 is 0. The van der Waals surface area contributed by atoms with Crippen molar-refractivity contribution in [2.75, 3.05) is 11.9 Å². The van der Waals surface area contributed by atoms with Gasteiger partial charge in [0.25, 0.3) is 35.0 Å². The Bertz CT molecular complexity index is 2360. The Kier molecular flexibility index (Phi) is 6.75. The van der Waals surface area contributed by atoms with Crippen molar-refractivity contribution >= 4 is 51.5 Å². The van der Waals surface area contributed by atoms with Gasteiger partial charge >= 0.3 is 0 Å². The molecule has 0 atom stereocenters. The highest BCUT2D eigenvalue weighted by molar-refractivity contribution is 6.42. The molecule has 5 aromatic rings. The van der Waals surface area contributed by atoms with Gasteiger partial charge in [0.15, 0.2) is 0 Å². The van der Waals surface area contributed by atoms with Gasteiger partial charge in [-0.3, -0.25) is 44.3 Å². The minimum atomic E-state index is -0.725. The van der Waals surface area contributed by atoms with E-state index >= 15 is 0 Å². The number of nitro groups is 2. The van der Waals surface area contributed by atoms with Gasteiger partial charge in [0, 0.05) is 53.2 Å². The molecule has 7 rings (SSSR count). The fraction of sp³-hybridized carbons (Fsp3) is 0.111. The molecule has 2 heterocycles. The highest BCUT2D eigenvalue weighted by atomic mass is 16.6. The third-order valence-corrected chi connectivity index (χ3v) is 8.97. The highest BCUT2D eigenvalue weighted by Gasteiger charge is 2.43. The molecule has 12 nitrogen and oxygen atoms in total. The standard InChI is InChI=1S/C36H24N4O8/c1-4-19-9-5-8-18(2)32(19)38-34(42)27-17-24(20-10-6-12-22(14-20)39(45)46)30-28-26(33(41)37(3)35(30)43)16-25(31(29(27)28)36(38)44)21-11-7-13-23(15-21)40(47)48/h5-17H,4H2,1-3H3. The van der Waals surface area contributed by atoms with Gasteiger partial charge in [-0.25, -0.2) is 4.90 Å². The highest BCUT2D eigenvalue weighted by Crippen LogP contribution is 2.47. The second-order valence-electron chi connectivity index (χ2n) is 11.6. The molecule has 0 spiro atoms. The zero-order chi connectivity index (χ0) is 34.2. The molecule has 0 aromatic heterocycles. The van der Waals surface area contributed by atoms with Gasteiger partial charge in [-0.15, -0.1) is 0 Å². The minimum Gasteiger partial charge on any atom is -0.277 e. The fourth-order valence-corrected chi connectivity index (χ4v) is 6.74. The van der Waals surface area contributed by atoms with Crippen molar-refractivity contribution in [2.45, 2.75) is 20.3 Å². The molecule has 5 aromatic carbocycles. The van der Waals surface area contributed by atoms with Crippen molar-refractivity contribution in [2.24, 2.45) is 0 Å². The van der Waals surface area contributed by atoms with Crippen molar-refractivity contribution in [3.63, 3.8) is 0 Å². The quantitative estimate of drug-likeness (QED) is 0.110. The van der Waals surface area contributed by atoms with E-state index in [0.717, 1.165) is 9.80 Å². The lowest BCUT2D eigenvalue weighted by atomic mass is 9.79. The number of para-hydroxylation sites is 1. The number of non-ortho nitro benzene ring substituents is 2. The Hall–Kier alpha value is -6.56. The van der Waals surface area contributed by atoms with E-state index in [-0.39, 0.29) is 66.7 Å². The summed E-state index contributed by atoms with van der Waals surface area (Å²) in [4.78, 5) is 81.5. The van der Waals surface area contributed by atoms with Gasteiger partial charge in [0.1, 0.15) is 0 Å². The maximum atomic E-state index is 14.8. The zero-order valence-electron chi connectivity index (χ0n) is 25.8. The summed E-state index contributed by atoms with van der Waals surface area (Å²) in [5.74, 6) is -2.86. The fourth-order valence-electron chi connectivity index (χ4n) is 6.74. The van der Waals surface area contributed by atoms with Crippen molar-refractivity contribution in [1.82, 2.24) is 4.90 Å². The molecule has 236 valence electrons. The van der Waals surface area contributed by atoms with Crippen LogP contribution in [0.1, 0.15) is 59.5 Å². The summed E-state index contributed by atoms with van der Waals surface area (Å²) in [7, 11) is 1.29. The Morgan fingerprint density at radius 1 is 0.625 bits per heavy atom. The SMILES string of the molecule is CCc1cccc(C)c1N1C(=O)c2cc(-c3cccc([N+](=O)[O-])c3)c3c4c(cc(-c5cccc([N+](=O)[O-])c5)c(c24)C1=O)C(=O)N(C)C3=O.